The van der Waals surface area contributed by atoms with Crippen molar-refractivity contribution in [1.82, 2.24) is 20.1 Å². The smallest absolute Gasteiger partial charge is 0.408 e. The number of piperidine rings is 1. The molecular formula is C30H47F2N5O5S. The molecule has 1 aliphatic carbocycles. The van der Waals surface area contributed by atoms with Gasteiger partial charge in [-0.15, -0.1) is 0 Å². The maximum Gasteiger partial charge on any atom is 0.408 e. The largest absolute Gasteiger partial charge is 0.444 e. The fourth-order valence-electron chi connectivity index (χ4n) is 6.06. The van der Waals surface area contributed by atoms with Crippen molar-refractivity contribution in [2.45, 2.75) is 116 Å². The maximum absolute atomic E-state index is 14.6. The van der Waals surface area contributed by atoms with Crippen LogP contribution in [0.5, 0.6) is 0 Å². The van der Waals surface area contributed by atoms with Crippen LogP contribution >= 0.6 is 11.3 Å². The topological polar surface area (TPSA) is 113 Å². The molecule has 0 bridgehead atoms. The molecule has 3 fully saturated rings. The van der Waals surface area contributed by atoms with Gasteiger partial charge in [0, 0.05) is 38.2 Å². The molecule has 0 aromatic carbocycles. The second kappa shape index (κ2) is 13.7. The van der Waals surface area contributed by atoms with Crippen LogP contribution in [0, 0.1) is 11.8 Å². The van der Waals surface area contributed by atoms with Gasteiger partial charge in [0.2, 0.25) is 11.8 Å². The van der Waals surface area contributed by atoms with Gasteiger partial charge in [-0.05, 0) is 59.3 Å². The Morgan fingerprint density at radius 2 is 1.91 bits per heavy atom. The number of hydrogen-bond acceptors (Lipinski definition) is 8. The number of nitrogens with zero attached hydrogens (tertiary/aromatic N) is 3. The summed E-state index contributed by atoms with van der Waals surface area (Å²) in [5.74, 6) is -3.21. The Morgan fingerprint density at radius 3 is 2.58 bits per heavy atom. The first-order chi connectivity index (χ1) is 20.1. The van der Waals surface area contributed by atoms with Gasteiger partial charge in [0.15, 0.2) is 5.13 Å². The summed E-state index contributed by atoms with van der Waals surface area (Å²) in [6.07, 6.45) is 3.69. The number of aromatic nitrogens is 1. The number of nitrogens with one attached hydrogen (secondary N) is 2. The number of carbonyl (C=O) groups is 3. The Labute approximate surface area is 257 Å². The molecule has 43 heavy (non-hydrogen) atoms. The lowest BCUT2D eigenvalue weighted by atomic mass is 9.79. The van der Waals surface area contributed by atoms with Crippen LogP contribution in [0.15, 0.2) is 6.20 Å². The summed E-state index contributed by atoms with van der Waals surface area (Å²) in [5, 5.41) is 5.93. The zero-order valence-corrected chi connectivity index (χ0v) is 27.0. The Kier molecular flexibility index (Phi) is 10.7. The van der Waals surface area contributed by atoms with E-state index in [9.17, 15) is 23.2 Å². The van der Waals surface area contributed by atoms with E-state index in [0.29, 0.717) is 30.5 Å². The van der Waals surface area contributed by atoms with Crippen LogP contribution in [-0.4, -0.2) is 88.6 Å². The van der Waals surface area contributed by atoms with Crippen molar-refractivity contribution in [3.63, 3.8) is 0 Å². The monoisotopic (exact) mass is 627 g/mol. The fourth-order valence-corrected chi connectivity index (χ4v) is 6.98. The first-order valence-corrected chi connectivity index (χ1v) is 16.2. The second-order valence-corrected chi connectivity index (χ2v) is 14.6. The molecule has 4 atom stereocenters. The van der Waals surface area contributed by atoms with Crippen LogP contribution < -0.4 is 10.6 Å². The second-order valence-electron chi connectivity index (χ2n) is 13.5. The molecular weight excluding hydrogens is 580 g/mol. The number of alkyl halides is 2. The quantitative estimate of drug-likeness (QED) is 0.407. The minimum absolute atomic E-state index is 0.0242. The van der Waals surface area contributed by atoms with Gasteiger partial charge in [0.1, 0.15) is 11.6 Å². The van der Waals surface area contributed by atoms with Crippen molar-refractivity contribution in [1.29, 1.82) is 0 Å². The summed E-state index contributed by atoms with van der Waals surface area (Å²) in [4.78, 5) is 47.7. The number of morpholine rings is 1. The number of alkyl carbamates (subject to hydrolysis) is 1. The van der Waals surface area contributed by atoms with E-state index in [-0.39, 0.29) is 35.5 Å². The minimum Gasteiger partial charge on any atom is -0.444 e. The number of thiazole rings is 1. The van der Waals surface area contributed by atoms with Gasteiger partial charge in [-0.2, -0.15) is 0 Å². The molecule has 0 radical (unpaired) electrons. The first-order valence-electron chi connectivity index (χ1n) is 15.4. The molecule has 1 aromatic heterocycles. The number of likely N-dealkylation sites (tertiary alicyclic amines) is 1. The van der Waals surface area contributed by atoms with Crippen LogP contribution in [0.25, 0.3) is 0 Å². The Bertz CT molecular complexity index is 1140. The van der Waals surface area contributed by atoms with E-state index in [2.05, 4.69) is 27.4 Å². The Hall–Kier alpha value is -2.38. The number of halogens is 2. The molecule has 1 aromatic rings. The molecule has 10 nitrogen and oxygen atoms in total. The summed E-state index contributed by atoms with van der Waals surface area (Å²) in [5.41, 5.74) is -0.718. The minimum atomic E-state index is -2.98. The number of rotatable bonds is 8. The molecule has 0 spiro atoms. The zero-order valence-electron chi connectivity index (χ0n) is 26.2. The number of anilines is 1. The third kappa shape index (κ3) is 9.31. The maximum atomic E-state index is 14.6. The molecule has 3 heterocycles. The van der Waals surface area contributed by atoms with E-state index in [0.717, 1.165) is 25.7 Å². The van der Waals surface area contributed by atoms with Gasteiger partial charge in [-0.25, -0.2) is 18.6 Å². The van der Waals surface area contributed by atoms with Crippen molar-refractivity contribution >= 4 is 34.4 Å². The lowest BCUT2D eigenvalue weighted by Gasteiger charge is -2.43. The zero-order chi connectivity index (χ0) is 31.5. The molecule has 13 heteroatoms. The van der Waals surface area contributed by atoms with Gasteiger partial charge >= 0.3 is 6.09 Å². The van der Waals surface area contributed by atoms with Crippen molar-refractivity contribution in [3.05, 3.63) is 11.1 Å². The summed E-state index contributed by atoms with van der Waals surface area (Å²) in [6.45, 7) is 12.2. The summed E-state index contributed by atoms with van der Waals surface area (Å²) >= 11 is 1.17. The highest BCUT2D eigenvalue weighted by Crippen LogP contribution is 2.37. The van der Waals surface area contributed by atoms with E-state index in [4.69, 9.17) is 9.47 Å². The highest BCUT2D eigenvalue weighted by molar-refractivity contribution is 7.15. The number of carbonyl (C=O) groups excluding carboxylic acids is 3. The molecule has 1 unspecified atom stereocenters. The average Bonchev–Trinajstić information content (AvgIpc) is 3.37. The molecule has 4 rings (SSSR count). The fraction of sp³-hybridized carbons (Fsp3) is 0.800. The van der Waals surface area contributed by atoms with Crippen LogP contribution in [0.4, 0.5) is 18.7 Å². The van der Waals surface area contributed by atoms with Gasteiger partial charge in [0.25, 0.3) is 5.92 Å². The van der Waals surface area contributed by atoms with E-state index >= 15 is 0 Å². The number of ether oxygens (including phenoxy) is 2. The SMILES string of the molecule is CC1CCC([C@H](NC(=O)OC(C)(C)C)C(=O)Nc2ncc(C(CN3C[C@@H](C)OC[C@H]3C)N3CC(F)(F)CCC3=O)s2)CC1. The molecule has 2 saturated heterocycles. The van der Waals surface area contributed by atoms with Crippen molar-refractivity contribution in [3.8, 4) is 0 Å². The normalized spacial score (nSPS) is 28.2. The molecule has 242 valence electrons. The molecule has 3 amide bonds. The van der Waals surface area contributed by atoms with E-state index in [1.165, 1.54) is 16.2 Å². The summed E-state index contributed by atoms with van der Waals surface area (Å²) < 4.78 is 40.3. The highest BCUT2D eigenvalue weighted by Gasteiger charge is 2.43. The first kappa shape index (κ1) is 33.5. The lowest BCUT2D eigenvalue weighted by Crippen LogP contribution is -2.54. The van der Waals surface area contributed by atoms with Crippen LogP contribution in [0.3, 0.4) is 0 Å². The van der Waals surface area contributed by atoms with Gasteiger partial charge in [0.05, 0.1) is 30.2 Å². The number of hydrogen-bond donors (Lipinski definition) is 2. The van der Waals surface area contributed by atoms with Gasteiger partial charge in [-0.1, -0.05) is 31.1 Å². The van der Waals surface area contributed by atoms with Crippen LogP contribution in [0.1, 0.15) is 91.0 Å². The van der Waals surface area contributed by atoms with Gasteiger partial charge < -0.3 is 25.0 Å². The molecule has 3 aliphatic rings. The van der Waals surface area contributed by atoms with Crippen molar-refractivity contribution in [2.24, 2.45) is 11.8 Å². The van der Waals surface area contributed by atoms with Crippen molar-refractivity contribution in [2.75, 3.05) is 31.6 Å². The average molecular weight is 628 g/mol. The summed E-state index contributed by atoms with van der Waals surface area (Å²) in [6, 6.07) is -1.43. The molecule has 2 aliphatic heterocycles. The van der Waals surface area contributed by atoms with E-state index < -0.39 is 48.6 Å². The Balaban J connectivity index is 1.54. The molecule has 1 saturated carbocycles. The van der Waals surface area contributed by atoms with Crippen LogP contribution in [0.2, 0.25) is 0 Å². The lowest BCUT2D eigenvalue weighted by molar-refractivity contribution is -0.153. The third-order valence-corrected chi connectivity index (χ3v) is 9.53. The highest BCUT2D eigenvalue weighted by atomic mass is 32.1. The van der Waals surface area contributed by atoms with Gasteiger partial charge in [-0.3, -0.25) is 14.5 Å². The Morgan fingerprint density at radius 1 is 1.21 bits per heavy atom. The van der Waals surface area contributed by atoms with Crippen LogP contribution in [-0.2, 0) is 19.1 Å². The standard InChI is InChI=1S/C30H47F2N5O5S/c1-18-7-9-21(10-8-18)25(34-28(40)42-29(4,5)6)26(39)35-27-33-13-23(43-27)22(15-36-14-20(3)41-16-19(36)2)37-17-30(31,32)12-11-24(37)38/h13,18-22,25H,7-12,14-17H2,1-6H3,(H,34,40)(H,33,35,39)/t18?,19-,20-,21?,22?,25+/m1/s1. The predicted octanol–water partition coefficient (Wildman–Crippen LogP) is 5.21. The van der Waals surface area contributed by atoms with Crippen molar-refractivity contribution < 1.29 is 32.6 Å². The third-order valence-electron chi connectivity index (χ3n) is 8.52. The predicted molar refractivity (Wildman–Crippen MR) is 160 cm³/mol. The summed E-state index contributed by atoms with van der Waals surface area (Å²) in [7, 11) is 0. The molecule has 2 N–H and O–H groups in total. The number of amides is 3. The van der Waals surface area contributed by atoms with E-state index in [1.807, 2.05) is 13.8 Å². The van der Waals surface area contributed by atoms with E-state index in [1.54, 1.807) is 27.0 Å².